The molecule has 0 radical (unpaired) electrons. The zero-order valence-electron chi connectivity index (χ0n) is 15.8. The van der Waals surface area contributed by atoms with Crippen molar-refractivity contribution in [3.8, 4) is 0 Å². The lowest BCUT2D eigenvalue weighted by Crippen LogP contribution is -2.42. The highest BCUT2D eigenvalue weighted by molar-refractivity contribution is 7.89. The van der Waals surface area contributed by atoms with E-state index in [1.165, 1.54) is 19.4 Å². The lowest BCUT2D eigenvalue weighted by atomic mass is 9.95. The summed E-state index contributed by atoms with van der Waals surface area (Å²) in [5.41, 5.74) is 1.58. The minimum absolute atomic E-state index is 0.00434. The van der Waals surface area contributed by atoms with E-state index in [0.29, 0.717) is 6.42 Å². The van der Waals surface area contributed by atoms with Gasteiger partial charge in [0.05, 0.1) is 11.4 Å². The maximum atomic E-state index is 12.6. The van der Waals surface area contributed by atoms with Gasteiger partial charge in [-0.1, -0.05) is 19.3 Å². The summed E-state index contributed by atoms with van der Waals surface area (Å²) in [5.74, 6) is -0.364. The Labute approximate surface area is 160 Å². The lowest BCUT2D eigenvalue weighted by Gasteiger charge is -2.22. The van der Waals surface area contributed by atoms with E-state index < -0.39 is 10.0 Å². The number of fused-ring (bicyclic) bond motifs is 1. The Bertz CT molecular complexity index is 831. The zero-order chi connectivity index (χ0) is 19.6. The predicted molar refractivity (Wildman–Crippen MR) is 103 cm³/mol. The molecule has 1 aliphatic carbocycles. The van der Waals surface area contributed by atoms with Crippen LogP contribution in [0.25, 0.3) is 0 Å². The average Bonchev–Trinajstić information content (AvgIpc) is 2.96. The summed E-state index contributed by atoms with van der Waals surface area (Å²) in [6, 6.07) is 4.89. The number of hydrogen-bond donors (Lipinski definition) is 2. The minimum Gasteiger partial charge on any atom is -0.352 e. The first kappa shape index (κ1) is 19.8. The quantitative estimate of drug-likeness (QED) is 0.796. The Hall–Kier alpha value is -1.93. The molecule has 27 heavy (non-hydrogen) atoms. The fraction of sp³-hybridized carbons (Fsp3) is 0.579. The van der Waals surface area contributed by atoms with Gasteiger partial charge in [0, 0.05) is 24.7 Å². The third-order valence-electron chi connectivity index (χ3n) is 5.31. The van der Waals surface area contributed by atoms with Crippen LogP contribution in [0.4, 0.5) is 5.69 Å². The summed E-state index contributed by atoms with van der Waals surface area (Å²) in [4.78, 5) is 25.6. The van der Waals surface area contributed by atoms with Crippen molar-refractivity contribution < 1.29 is 18.0 Å². The normalized spacial score (nSPS) is 20.4. The highest BCUT2D eigenvalue weighted by Gasteiger charge is 2.30. The van der Waals surface area contributed by atoms with Crippen LogP contribution in [0.5, 0.6) is 0 Å². The second-order valence-electron chi connectivity index (χ2n) is 7.46. The maximum Gasteiger partial charge on any atom is 0.241 e. The van der Waals surface area contributed by atoms with Crippen molar-refractivity contribution >= 4 is 27.5 Å². The van der Waals surface area contributed by atoms with Gasteiger partial charge < -0.3 is 10.2 Å². The van der Waals surface area contributed by atoms with Crippen LogP contribution in [-0.2, 0) is 26.0 Å². The minimum atomic E-state index is -3.79. The Kier molecular flexibility index (Phi) is 5.86. The van der Waals surface area contributed by atoms with Crippen molar-refractivity contribution in [3.05, 3.63) is 23.8 Å². The molecule has 1 fully saturated rings. The average molecular weight is 394 g/mol. The van der Waals surface area contributed by atoms with E-state index in [9.17, 15) is 18.0 Å². The Morgan fingerprint density at radius 3 is 2.56 bits per heavy atom. The first-order valence-corrected chi connectivity index (χ1v) is 11.0. The topological polar surface area (TPSA) is 95.6 Å². The van der Waals surface area contributed by atoms with E-state index in [1.54, 1.807) is 17.0 Å². The summed E-state index contributed by atoms with van der Waals surface area (Å²) >= 11 is 0. The van der Waals surface area contributed by atoms with E-state index in [2.05, 4.69) is 10.0 Å². The Morgan fingerprint density at radius 2 is 1.89 bits per heavy atom. The smallest absolute Gasteiger partial charge is 0.241 e. The number of nitrogens with one attached hydrogen (secondary N) is 2. The second-order valence-corrected chi connectivity index (χ2v) is 9.23. The number of amides is 2. The number of carbonyl (C=O) groups excluding carboxylic acids is 2. The van der Waals surface area contributed by atoms with Gasteiger partial charge in [-0.2, -0.15) is 0 Å². The third-order valence-corrected chi connectivity index (χ3v) is 6.71. The van der Waals surface area contributed by atoms with Crippen LogP contribution in [0.2, 0.25) is 0 Å². The van der Waals surface area contributed by atoms with Crippen molar-refractivity contribution in [2.45, 2.75) is 69.4 Å². The fourth-order valence-corrected chi connectivity index (χ4v) is 5.06. The van der Waals surface area contributed by atoms with Gasteiger partial charge in [-0.25, -0.2) is 13.1 Å². The largest absolute Gasteiger partial charge is 0.352 e. The van der Waals surface area contributed by atoms with Crippen LogP contribution in [-0.4, -0.2) is 38.9 Å². The third kappa shape index (κ3) is 4.50. The summed E-state index contributed by atoms with van der Waals surface area (Å²) in [7, 11) is -3.79. The number of sulfonamides is 1. The predicted octanol–water partition coefficient (Wildman–Crippen LogP) is 1.71. The van der Waals surface area contributed by atoms with Gasteiger partial charge in [-0.05, 0) is 49.9 Å². The number of nitrogens with zero attached hydrogens (tertiary/aromatic N) is 1. The maximum absolute atomic E-state index is 12.6. The molecule has 0 saturated heterocycles. The number of hydrogen-bond acceptors (Lipinski definition) is 4. The van der Waals surface area contributed by atoms with Crippen molar-refractivity contribution in [2.75, 3.05) is 11.4 Å². The van der Waals surface area contributed by atoms with Crippen LogP contribution in [0.15, 0.2) is 23.1 Å². The van der Waals surface area contributed by atoms with Gasteiger partial charge in [0.25, 0.3) is 0 Å². The van der Waals surface area contributed by atoms with Gasteiger partial charge in [-0.3, -0.25) is 9.59 Å². The molecule has 1 atom stereocenters. The van der Waals surface area contributed by atoms with Gasteiger partial charge >= 0.3 is 0 Å². The van der Waals surface area contributed by atoms with Crippen molar-refractivity contribution in [3.63, 3.8) is 0 Å². The lowest BCUT2D eigenvalue weighted by molar-refractivity contribution is -0.121. The zero-order valence-corrected chi connectivity index (χ0v) is 16.6. The van der Waals surface area contributed by atoms with E-state index in [-0.39, 0.29) is 35.3 Å². The van der Waals surface area contributed by atoms with Crippen LogP contribution >= 0.6 is 0 Å². The summed E-state index contributed by atoms with van der Waals surface area (Å²) in [6.07, 6.45) is 5.91. The molecule has 0 spiro atoms. The molecule has 1 heterocycles. The fourth-order valence-electron chi connectivity index (χ4n) is 4.02. The molecule has 0 aromatic heterocycles. The van der Waals surface area contributed by atoms with E-state index in [4.69, 9.17) is 0 Å². The molecule has 2 aliphatic rings. The van der Waals surface area contributed by atoms with Crippen LogP contribution in [0, 0.1) is 0 Å². The van der Waals surface area contributed by atoms with Gasteiger partial charge in [0.15, 0.2) is 0 Å². The van der Waals surface area contributed by atoms with Crippen LogP contribution in [0.3, 0.4) is 0 Å². The van der Waals surface area contributed by atoms with Gasteiger partial charge in [0.1, 0.15) is 0 Å². The monoisotopic (exact) mass is 393 g/mol. The SMILES string of the molecule is CC(=O)N1c2ccc(S(=O)(=O)NCC(=O)NC3CCCCC3)cc2CC1C. The van der Waals surface area contributed by atoms with Gasteiger partial charge in [-0.15, -0.1) is 0 Å². The van der Waals surface area contributed by atoms with Crippen LogP contribution in [0.1, 0.15) is 51.5 Å². The number of benzene rings is 1. The highest BCUT2D eigenvalue weighted by Crippen LogP contribution is 2.33. The summed E-state index contributed by atoms with van der Waals surface area (Å²) in [6.45, 7) is 3.16. The van der Waals surface area contributed by atoms with Crippen molar-refractivity contribution in [2.24, 2.45) is 0 Å². The van der Waals surface area contributed by atoms with E-state index >= 15 is 0 Å². The first-order chi connectivity index (χ1) is 12.8. The van der Waals surface area contributed by atoms with Crippen molar-refractivity contribution in [1.82, 2.24) is 10.0 Å². The molecule has 1 aromatic rings. The Balaban J connectivity index is 1.64. The van der Waals surface area contributed by atoms with Crippen LogP contribution < -0.4 is 14.9 Å². The Morgan fingerprint density at radius 1 is 1.19 bits per heavy atom. The molecule has 7 nitrogen and oxygen atoms in total. The molecule has 2 N–H and O–H groups in total. The molecule has 2 amide bonds. The standard InChI is InChI=1S/C19H27N3O4S/c1-13-10-15-11-17(8-9-18(15)22(13)14(2)23)27(25,26)20-12-19(24)21-16-6-4-3-5-7-16/h8-9,11,13,16,20H,3-7,10,12H2,1-2H3,(H,21,24). The molecule has 1 saturated carbocycles. The number of rotatable bonds is 5. The molecule has 148 valence electrons. The molecule has 3 rings (SSSR count). The van der Waals surface area contributed by atoms with Gasteiger partial charge in [0.2, 0.25) is 21.8 Å². The van der Waals surface area contributed by atoms with Crippen molar-refractivity contribution in [1.29, 1.82) is 0 Å². The number of anilines is 1. The summed E-state index contributed by atoms with van der Waals surface area (Å²) < 4.78 is 27.5. The first-order valence-electron chi connectivity index (χ1n) is 9.49. The second kappa shape index (κ2) is 7.98. The molecule has 0 bridgehead atoms. The molecule has 8 heteroatoms. The molecule has 1 aromatic carbocycles. The van der Waals surface area contributed by atoms with E-state index in [1.807, 2.05) is 6.92 Å². The molecule has 1 unspecified atom stereocenters. The molecular formula is C19H27N3O4S. The van der Waals surface area contributed by atoms with E-state index in [0.717, 1.165) is 36.9 Å². The summed E-state index contributed by atoms with van der Waals surface area (Å²) in [5, 5.41) is 2.90. The molecular weight excluding hydrogens is 366 g/mol. The number of carbonyl (C=O) groups is 2. The molecule has 1 aliphatic heterocycles. The highest BCUT2D eigenvalue weighted by atomic mass is 32.2.